The van der Waals surface area contributed by atoms with E-state index < -0.39 is 0 Å². The molecule has 2 aliphatic rings. The largest absolute Gasteiger partial charge is 0.390 e. The summed E-state index contributed by atoms with van der Waals surface area (Å²) < 4.78 is 10.9. The van der Waals surface area contributed by atoms with E-state index in [0.717, 1.165) is 45.5 Å². The summed E-state index contributed by atoms with van der Waals surface area (Å²) in [5, 5.41) is 10.1. The van der Waals surface area contributed by atoms with Gasteiger partial charge in [-0.3, -0.25) is 0 Å². The standard InChI is InChI=1S/C12H22O3/c1-9-2-7-15-12(9)11(13)8-10-3-5-14-6-4-10/h9-13H,2-8H2,1H3. The maximum absolute atomic E-state index is 10.1. The third-order valence-electron chi connectivity index (χ3n) is 3.74. The van der Waals surface area contributed by atoms with Crippen LogP contribution in [0.5, 0.6) is 0 Å². The van der Waals surface area contributed by atoms with Crippen molar-refractivity contribution < 1.29 is 14.6 Å². The molecule has 15 heavy (non-hydrogen) atoms. The Balaban J connectivity index is 1.77. The summed E-state index contributed by atoms with van der Waals surface area (Å²) in [5.41, 5.74) is 0. The first-order chi connectivity index (χ1) is 7.27. The van der Waals surface area contributed by atoms with Gasteiger partial charge in [-0.2, -0.15) is 0 Å². The minimum absolute atomic E-state index is 0.0767. The van der Waals surface area contributed by atoms with Crippen molar-refractivity contribution in [2.75, 3.05) is 19.8 Å². The van der Waals surface area contributed by atoms with Crippen molar-refractivity contribution in [3.05, 3.63) is 0 Å². The van der Waals surface area contributed by atoms with E-state index in [1.807, 2.05) is 0 Å². The average molecular weight is 214 g/mol. The molecule has 1 N–H and O–H groups in total. The van der Waals surface area contributed by atoms with E-state index in [0.29, 0.717) is 11.8 Å². The minimum atomic E-state index is -0.273. The smallest absolute Gasteiger partial charge is 0.0860 e. The van der Waals surface area contributed by atoms with E-state index >= 15 is 0 Å². The van der Waals surface area contributed by atoms with Gasteiger partial charge in [0.25, 0.3) is 0 Å². The number of ether oxygens (including phenoxy) is 2. The van der Waals surface area contributed by atoms with Gasteiger partial charge in [0.15, 0.2) is 0 Å². The molecule has 2 fully saturated rings. The van der Waals surface area contributed by atoms with Gasteiger partial charge < -0.3 is 14.6 Å². The highest BCUT2D eigenvalue weighted by atomic mass is 16.5. The lowest BCUT2D eigenvalue weighted by Gasteiger charge is -2.28. The van der Waals surface area contributed by atoms with Gasteiger partial charge in [0.05, 0.1) is 12.2 Å². The predicted octanol–water partition coefficient (Wildman–Crippen LogP) is 1.59. The quantitative estimate of drug-likeness (QED) is 0.775. The van der Waals surface area contributed by atoms with E-state index in [1.165, 1.54) is 0 Å². The number of hydrogen-bond donors (Lipinski definition) is 1. The highest BCUT2D eigenvalue weighted by Crippen LogP contribution is 2.28. The zero-order chi connectivity index (χ0) is 10.7. The molecule has 0 aromatic heterocycles. The van der Waals surface area contributed by atoms with Crippen molar-refractivity contribution in [1.29, 1.82) is 0 Å². The number of aliphatic hydroxyl groups is 1. The monoisotopic (exact) mass is 214 g/mol. The highest BCUT2D eigenvalue weighted by molar-refractivity contribution is 4.81. The molecule has 2 aliphatic heterocycles. The zero-order valence-electron chi connectivity index (χ0n) is 9.52. The Kier molecular flexibility index (Phi) is 4.00. The first-order valence-electron chi connectivity index (χ1n) is 6.15. The van der Waals surface area contributed by atoms with Crippen LogP contribution in [-0.4, -0.2) is 37.1 Å². The summed E-state index contributed by atoms with van der Waals surface area (Å²) in [4.78, 5) is 0. The van der Waals surface area contributed by atoms with Crippen LogP contribution < -0.4 is 0 Å². The second kappa shape index (κ2) is 5.28. The third-order valence-corrected chi connectivity index (χ3v) is 3.74. The second-order valence-corrected chi connectivity index (χ2v) is 4.96. The lowest BCUT2D eigenvalue weighted by Crippen LogP contribution is -2.33. The Bertz CT molecular complexity index is 189. The first-order valence-corrected chi connectivity index (χ1v) is 6.15. The Hall–Kier alpha value is -0.120. The molecule has 0 bridgehead atoms. The SMILES string of the molecule is CC1CCOC1C(O)CC1CCOCC1. The van der Waals surface area contributed by atoms with Crippen molar-refractivity contribution in [3.63, 3.8) is 0 Å². The molecule has 0 aliphatic carbocycles. The Labute approximate surface area is 91.8 Å². The molecule has 3 unspecified atom stereocenters. The topological polar surface area (TPSA) is 38.7 Å². The normalized spacial score (nSPS) is 35.6. The van der Waals surface area contributed by atoms with Gasteiger partial charge in [-0.1, -0.05) is 6.92 Å². The fourth-order valence-corrected chi connectivity index (χ4v) is 2.67. The molecule has 2 heterocycles. The fraction of sp³-hybridized carbons (Fsp3) is 1.00. The van der Waals surface area contributed by atoms with Gasteiger partial charge in [-0.15, -0.1) is 0 Å². The molecule has 0 aromatic rings. The average Bonchev–Trinajstić information content (AvgIpc) is 2.66. The van der Waals surface area contributed by atoms with Crippen LogP contribution in [-0.2, 0) is 9.47 Å². The van der Waals surface area contributed by atoms with Gasteiger partial charge in [-0.25, -0.2) is 0 Å². The maximum Gasteiger partial charge on any atom is 0.0860 e. The van der Waals surface area contributed by atoms with Crippen LogP contribution in [0.1, 0.15) is 32.6 Å². The molecule has 2 rings (SSSR count). The molecule has 0 aromatic carbocycles. The van der Waals surface area contributed by atoms with Crippen LogP contribution in [0, 0.1) is 11.8 Å². The molecule has 0 saturated carbocycles. The van der Waals surface area contributed by atoms with E-state index in [2.05, 4.69) is 6.92 Å². The summed E-state index contributed by atoms with van der Waals surface area (Å²) in [6, 6.07) is 0. The number of rotatable bonds is 3. The summed E-state index contributed by atoms with van der Waals surface area (Å²) >= 11 is 0. The van der Waals surface area contributed by atoms with Gasteiger partial charge in [0.2, 0.25) is 0 Å². The van der Waals surface area contributed by atoms with E-state index in [4.69, 9.17) is 9.47 Å². The predicted molar refractivity (Wildman–Crippen MR) is 57.7 cm³/mol. The van der Waals surface area contributed by atoms with Gasteiger partial charge in [0, 0.05) is 19.8 Å². The third kappa shape index (κ3) is 2.92. The molecule has 0 amide bonds. The number of aliphatic hydroxyl groups excluding tert-OH is 1. The molecule has 3 atom stereocenters. The van der Waals surface area contributed by atoms with Crippen LogP contribution in [0.2, 0.25) is 0 Å². The number of hydrogen-bond acceptors (Lipinski definition) is 3. The first kappa shape index (κ1) is 11.4. The van der Waals surface area contributed by atoms with Gasteiger partial charge >= 0.3 is 0 Å². The molecule has 3 heteroatoms. The van der Waals surface area contributed by atoms with Gasteiger partial charge in [-0.05, 0) is 37.5 Å². The lowest BCUT2D eigenvalue weighted by molar-refractivity contribution is -0.0374. The second-order valence-electron chi connectivity index (χ2n) is 4.96. The van der Waals surface area contributed by atoms with E-state index in [1.54, 1.807) is 0 Å². The molecule has 3 nitrogen and oxygen atoms in total. The molecule has 0 radical (unpaired) electrons. The van der Waals surface area contributed by atoms with Crippen molar-refractivity contribution in [3.8, 4) is 0 Å². The summed E-state index contributed by atoms with van der Waals surface area (Å²) in [6.07, 6.45) is 3.97. The molecular weight excluding hydrogens is 192 g/mol. The van der Waals surface area contributed by atoms with Crippen molar-refractivity contribution in [1.82, 2.24) is 0 Å². The van der Waals surface area contributed by atoms with Crippen molar-refractivity contribution in [2.24, 2.45) is 11.8 Å². The van der Waals surface area contributed by atoms with Crippen LogP contribution in [0.3, 0.4) is 0 Å². The van der Waals surface area contributed by atoms with E-state index in [-0.39, 0.29) is 12.2 Å². The lowest BCUT2D eigenvalue weighted by atomic mass is 9.88. The van der Waals surface area contributed by atoms with Crippen LogP contribution in [0.15, 0.2) is 0 Å². The molecule has 2 saturated heterocycles. The highest BCUT2D eigenvalue weighted by Gasteiger charge is 2.32. The Morgan fingerprint density at radius 1 is 1.20 bits per heavy atom. The van der Waals surface area contributed by atoms with E-state index in [9.17, 15) is 5.11 Å². The molecular formula is C12H22O3. The zero-order valence-corrected chi connectivity index (χ0v) is 9.52. The molecule has 88 valence electrons. The summed E-state index contributed by atoms with van der Waals surface area (Å²) in [6.45, 7) is 4.71. The maximum atomic E-state index is 10.1. The van der Waals surface area contributed by atoms with Crippen LogP contribution in [0.25, 0.3) is 0 Å². The molecule has 0 spiro atoms. The Morgan fingerprint density at radius 2 is 1.93 bits per heavy atom. The van der Waals surface area contributed by atoms with Crippen molar-refractivity contribution in [2.45, 2.75) is 44.8 Å². The summed E-state index contributed by atoms with van der Waals surface area (Å²) in [5.74, 6) is 1.14. The Morgan fingerprint density at radius 3 is 2.53 bits per heavy atom. The van der Waals surface area contributed by atoms with Crippen LogP contribution in [0.4, 0.5) is 0 Å². The van der Waals surface area contributed by atoms with Crippen LogP contribution >= 0.6 is 0 Å². The van der Waals surface area contributed by atoms with Crippen molar-refractivity contribution >= 4 is 0 Å². The van der Waals surface area contributed by atoms with Gasteiger partial charge in [0.1, 0.15) is 0 Å². The minimum Gasteiger partial charge on any atom is -0.390 e. The summed E-state index contributed by atoms with van der Waals surface area (Å²) in [7, 11) is 0. The fourth-order valence-electron chi connectivity index (χ4n) is 2.67.